The van der Waals surface area contributed by atoms with Crippen molar-refractivity contribution in [3.05, 3.63) is 30.6 Å². The van der Waals surface area contributed by atoms with Gasteiger partial charge in [0.25, 0.3) is 0 Å². The summed E-state index contributed by atoms with van der Waals surface area (Å²) in [6.07, 6.45) is 1.48. The molecule has 5 N–H and O–H groups in total. The topological polar surface area (TPSA) is 127 Å². The molecule has 0 amide bonds. The quantitative estimate of drug-likeness (QED) is 0.713. The van der Waals surface area contributed by atoms with Gasteiger partial charge in [0.2, 0.25) is 0 Å². The second-order valence-corrected chi connectivity index (χ2v) is 7.36. The first-order valence-corrected chi connectivity index (χ1v) is 8.12. The van der Waals surface area contributed by atoms with Crippen LogP contribution < -0.4 is 0 Å². The van der Waals surface area contributed by atoms with Crippen LogP contribution in [0.3, 0.4) is 0 Å². The Morgan fingerprint density at radius 3 is 2.68 bits per heavy atom. The molecule has 19 heavy (non-hydrogen) atoms. The molecule has 0 aliphatic rings. The van der Waals surface area contributed by atoms with Crippen molar-refractivity contribution >= 4 is 27.2 Å². The summed E-state index contributed by atoms with van der Waals surface area (Å²) in [5.74, 6) is 0. The van der Waals surface area contributed by atoms with Gasteiger partial charge in [-0.2, -0.15) is 4.89 Å². The number of fused-ring (bicyclic) bond motifs is 1. The van der Waals surface area contributed by atoms with E-state index < -0.39 is 21.3 Å². The van der Waals surface area contributed by atoms with Gasteiger partial charge < -0.3 is 20.0 Å². The molecule has 0 fully saturated rings. The van der Waals surface area contributed by atoms with Crippen LogP contribution in [0.1, 0.15) is 0 Å². The zero-order chi connectivity index (χ0) is 13.3. The monoisotopic (exact) mass is 305 g/mol. The van der Waals surface area contributed by atoms with Crippen LogP contribution in [0.5, 0.6) is 0 Å². The van der Waals surface area contributed by atoms with Crippen LogP contribution in [0, 0.1) is 0 Å². The lowest BCUT2D eigenvalue weighted by atomic mass is 10.3. The van der Waals surface area contributed by atoms with E-state index in [9.17, 15) is 19.5 Å². The average Bonchev–Trinajstić information content (AvgIpc) is 2.72. The Bertz CT molecular complexity index is 588. The number of imidazole rings is 1. The van der Waals surface area contributed by atoms with E-state index in [-0.39, 0.29) is 12.0 Å². The highest BCUT2D eigenvalue weighted by atomic mass is 31.2. The summed E-state index contributed by atoms with van der Waals surface area (Å²) < 4.78 is 12.8. The summed E-state index contributed by atoms with van der Waals surface area (Å²) in [7, 11) is -4.88. The zero-order valence-corrected chi connectivity index (χ0v) is 11.9. The van der Waals surface area contributed by atoms with Crippen LogP contribution in [-0.4, -0.2) is 41.7 Å². The highest BCUT2D eigenvalue weighted by molar-refractivity contribution is 7.65. The van der Waals surface area contributed by atoms with Gasteiger partial charge in [-0.25, -0.2) is 4.98 Å². The van der Waals surface area contributed by atoms with E-state index in [0.29, 0.717) is 0 Å². The molecule has 2 rings (SSSR count). The first kappa shape index (κ1) is 16.1. The first-order valence-electron chi connectivity index (χ1n) is 5.16. The van der Waals surface area contributed by atoms with E-state index in [2.05, 4.69) is 4.98 Å². The minimum absolute atomic E-state index is 0. The lowest BCUT2D eigenvalue weighted by Gasteiger charge is -2.18. The Kier molecular flexibility index (Phi) is 5.10. The minimum atomic E-state index is -2.91. The zero-order valence-electron chi connectivity index (χ0n) is 10.1. The minimum Gasteiger partial charge on any atom is -0.412 e. The molecule has 0 saturated heterocycles. The van der Waals surface area contributed by atoms with Crippen molar-refractivity contribution in [2.45, 2.75) is 11.6 Å². The van der Waals surface area contributed by atoms with Crippen LogP contribution in [0.25, 0.3) is 11.0 Å². The average molecular weight is 305 g/mol. The van der Waals surface area contributed by atoms with Gasteiger partial charge in [0.15, 0.2) is 0 Å². The number of aliphatic hydroxyl groups is 1. The number of hydrogen-bond donors (Lipinski definition) is 3. The van der Waals surface area contributed by atoms with Crippen LogP contribution >= 0.6 is 16.2 Å². The number of rotatable bonds is 4. The third kappa shape index (κ3) is 2.98. The molecule has 0 saturated carbocycles. The van der Waals surface area contributed by atoms with Crippen molar-refractivity contribution in [3.63, 3.8) is 0 Å². The fraction of sp³-hybridized carbons (Fsp3) is 0.300. The standard InChI is InChI=1S/C10H12N2O4P2.H2O/c1-17(14)10(13,18(15)16)6-12-7-11-8-4-2-3-5-9(8)12;/h2-5,7,13-14H,6H2,1H3;1H2/p+1. The fourth-order valence-electron chi connectivity index (χ4n) is 1.65. The normalized spacial score (nSPS) is 16.5. The van der Waals surface area contributed by atoms with Crippen molar-refractivity contribution < 1.29 is 24.9 Å². The van der Waals surface area contributed by atoms with Crippen LogP contribution in [0.4, 0.5) is 0 Å². The highest BCUT2D eigenvalue weighted by Crippen LogP contribution is 2.55. The Morgan fingerprint density at radius 2 is 2.11 bits per heavy atom. The lowest BCUT2D eigenvalue weighted by molar-refractivity contribution is 0.171. The molecule has 0 radical (unpaired) electrons. The van der Waals surface area contributed by atoms with Gasteiger partial charge in [-0.3, -0.25) is 0 Å². The molecule has 2 aromatic rings. The molecule has 1 aromatic carbocycles. The predicted molar refractivity (Wildman–Crippen MR) is 73.2 cm³/mol. The molecular formula is C10H15N2O5P2+. The Balaban J connectivity index is 0.00000180. The molecule has 1 aromatic heterocycles. The summed E-state index contributed by atoms with van der Waals surface area (Å²) in [4.78, 5) is 22.9. The van der Waals surface area contributed by atoms with E-state index in [1.807, 2.05) is 12.1 Å². The Labute approximate surface area is 111 Å². The Hall–Kier alpha value is -0.940. The molecular weight excluding hydrogens is 290 g/mol. The third-order valence-corrected chi connectivity index (χ3v) is 6.05. The van der Waals surface area contributed by atoms with Crippen molar-refractivity contribution in [1.82, 2.24) is 9.55 Å². The van der Waals surface area contributed by atoms with E-state index >= 15 is 0 Å². The maximum absolute atomic E-state index is 11.2. The van der Waals surface area contributed by atoms with Gasteiger partial charge in [0.05, 0.1) is 17.4 Å². The summed E-state index contributed by atoms with van der Waals surface area (Å²) in [6, 6.07) is 7.24. The van der Waals surface area contributed by atoms with Crippen molar-refractivity contribution in [3.8, 4) is 0 Å². The summed E-state index contributed by atoms with van der Waals surface area (Å²) >= 11 is 0. The molecule has 104 valence electrons. The maximum Gasteiger partial charge on any atom is 0.550 e. The molecule has 3 atom stereocenters. The molecule has 0 aliphatic carbocycles. The van der Waals surface area contributed by atoms with E-state index in [1.54, 1.807) is 16.7 Å². The third-order valence-electron chi connectivity index (χ3n) is 2.73. The summed E-state index contributed by atoms with van der Waals surface area (Å²) in [5, 5.41) is 8.07. The van der Waals surface area contributed by atoms with Crippen molar-refractivity contribution in [2.24, 2.45) is 0 Å². The lowest BCUT2D eigenvalue weighted by Crippen LogP contribution is -2.27. The van der Waals surface area contributed by atoms with Gasteiger partial charge in [0, 0.05) is 0 Å². The molecule has 0 spiro atoms. The molecule has 7 nitrogen and oxygen atoms in total. The molecule has 0 bridgehead atoms. The summed E-state index contributed by atoms with van der Waals surface area (Å²) in [5.41, 5.74) is 1.47. The smallest absolute Gasteiger partial charge is 0.412 e. The van der Waals surface area contributed by atoms with Crippen LogP contribution in [0.15, 0.2) is 30.6 Å². The number of nitrogens with zero attached hydrogens (tertiary/aromatic N) is 2. The van der Waals surface area contributed by atoms with Crippen molar-refractivity contribution in [2.75, 3.05) is 6.66 Å². The van der Waals surface area contributed by atoms with Gasteiger partial charge in [0.1, 0.15) is 14.7 Å². The van der Waals surface area contributed by atoms with Crippen LogP contribution in [-0.2, 0) is 11.1 Å². The predicted octanol–water partition coefficient (Wildman–Crippen LogP) is 0.611. The van der Waals surface area contributed by atoms with Gasteiger partial charge in [-0.1, -0.05) is 12.1 Å². The van der Waals surface area contributed by atoms with Crippen molar-refractivity contribution in [1.29, 1.82) is 0 Å². The number of aromatic nitrogens is 2. The van der Waals surface area contributed by atoms with E-state index in [0.717, 1.165) is 11.0 Å². The fourth-order valence-corrected chi connectivity index (χ4v) is 3.27. The van der Waals surface area contributed by atoms with Gasteiger partial charge in [-0.05, 0) is 23.4 Å². The Morgan fingerprint density at radius 1 is 1.47 bits per heavy atom. The van der Waals surface area contributed by atoms with E-state index in [1.165, 1.54) is 13.0 Å². The molecule has 9 heteroatoms. The molecule has 0 aliphatic heterocycles. The van der Waals surface area contributed by atoms with E-state index in [4.69, 9.17) is 0 Å². The molecule has 3 unspecified atom stereocenters. The maximum atomic E-state index is 11.2. The highest BCUT2D eigenvalue weighted by Gasteiger charge is 2.53. The summed E-state index contributed by atoms with van der Waals surface area (Å²) in [6.45, 7) is 1.18. The molecule has 1 heterocycles. The largest absolute Gasteiger partial charge is 0.550 e. The second-order valence-electron chi connectivity index (χ2n) is 3.93. The number of hydrogen-bond acceptors (Lipinski definition) is 4. The first-order chi connectivity index (χ1) is 8.45. The number of benzene rings is 1. The van der Waals surface area contributed by atoms with Gasteiger partial charge in [-0.15, -0.1) is 0 Å². The SMILES string of the molecule is CP(O)C(O)(Cn1cnc2ccccc21)[P+](=O)O.O. The van der Waals surface area contributed by atoms with Gasteiger partial charge >= 0.3 is 13.1 Å². The van der Waals surface area contributed by atoms with Crippen LogP contribution in [0.2, 0.25) is 0 Å². The number of para-hydroxylation sites is 2. The second kappa shape index (κ2) is 6.01.